The van der Waals surface area contributed by atoms with Crippen LogP contribution >= 0.6 is 11.8 Å². The SMILES string of the molecule is Cc1ccc(N=C2NC(=O)/C(=C\c3cc4c(cc3C)N(C)C(C)(C)CC4C)S2)cc1C. The molecule has 162 valence electrons. The highest BCUT2D eigenvalue weighted by molar-refractivity contribution is 8.18. The van der Waals surface area contributed by atoms with Crippen LogP contribution in [0.3, 0.4) is 0 Å². The lowest BCUT2D eigenvalue weighted by molar-refractivity contribution is -0.115. The van der Waals surface area contributed by atoms with Crippen LogP contribution in [0, 0.1) is 20.8 Å². The molecule has 4 rings (SSSR count). The number of carbonyl (C=O) groups excluding carboxylic acids is 1. The molecule has 5 heteroatoms. The summed E-state index contributed by atoms with van der Waals surface area (Å²) in [7, 11) is 2.18. The van der Waals surface area contributed by atoms with E-state index in [9.17, 15) is 4.79 Å². The van der Waals surface area contributed by atoms with Crippen molar-refractivity contribution in [3.8, 4) is 0 Å². The zero-order chi connectivity index (χ0) is 22.5. The Morgan fingerprint density at radius 2 is 1.87 bits per heavy atom. The second-order valence-corrected chi connectivity index (χ2v) is 10.5. The van der Waals surface area contributed by atoms with Gasteiger partial charge in [-0.1, -0.05) is 13.0 Å². The average molecular weight is 434 g/mol. The number of anilines is 1. The van der Waals surface area contributed by atoms with E-state index in [1.165, 1.54) is 39.7 Å². The summed E-state index contributed by atoms with van der Waals surface area (Å²) >= 11 is 1.41. The molecule has 0 saturated carbocycles. The van der Waals surface area contributed by atoms with Gasteiger partial charge in [0.2, 0.25) is 0 Å². The normalized spacial score (nSPS) is 22.7. The Bertz CT molecular complexity index is 1130. The Labute approximate surface area is 189 Å². The Morgan fingerprint density at radius 1 is 1.13 bits per heavy atom. The number of carbonyl (C=O) groups is 1. The smallest absolute Gasteiger partial charge is 0.264 e. The molecule has 1 amide bonds. The van der Waals surface area contributed by atoms with E-state index >= 15 is 0 Å². The largest absolute Gasteiger partial charge is 0.369 e. The van der Waals surface area contributed by atoms with Gasteiger partial charge in [-0.2, -0.15) is 0 Å². The van der Waals surface area contributed by atoms with Crippen LogP contribution in [0.2, 0.25) is 0 Å². The number of hydrogen-bond acceptors (Lipinski definition) is 4. The van der Waals surface area contributed by atoms with Crippen molar-refractivity contribution in [1.29, 1.82) is 0 Å². The topological polar surface area (TPSA) is 44.7 Å². The van der Waals surface area contributed by atoms with E-state index in [-0.39, 0.29) is 11.4 Å². The van der Waals surface area contributed by atoms with Gasteiger partial charge in [0.25, 0.3) is 5.91 Å². The first-order chi connectivity index (χ1) is 14.5. The highest BCUT2D eigenvalue weighted by atomic mass is 32.2. The van der Waals surface area contributed by atoms with E-state index < -0.39 is 0 Å². The first-order valence-corrected chi connectivity index (χ1v) is 11.6. The van der Waals surface area contributed by atoms with E-state index in [2.05, 4.69) is 82.0 Å². The van der Waals surface area contributed by atoms with Crippen molar-refractivity contribution in [2.45, 2.75) is 59.4 Å². The van der Waals surface area contributed by atoms with E-state index in [0.29, 0.717) is 16.0 Å². The van der Waals surface area contributed by atoms with Gasteiger partial charge >= 0.3 is 0 Å². The summed E-state index contributed by atoms with van der Waals surface area (Å²) < 4.78 is 0. The number of benzene rings is 2. The molecule has 31 heavy (non-hydrogen) atoms. The summed E-state index contributed by atoms with van der Waals surface area (Å²) in [5.74, 6) is 0.391. The van der Waals surface area contributed by atoms with Crippen molar-refractivity contribution >= 4 is 40.3 Å². The fraction of sp³-hybridized carbons (Fsp3) is 0.385. The third-order valence-corrected chi connectivity index (χ3v) is 7.59. The molecule has 0 aliphatic carbocycles. The Hall–Kier alpha value is -2.53. The van der Waals surface area contributed by atoms with E-state index in [0.717, 1.165) is 17.7 Å². The van der Waals surface area contributed by atoms with Crippen LogP contribution in [0.25, 0.3) is 6.08 Å². The van der Waals surface area contributed by atoms with Crippen molar-refractivity contribution in [3.63, 3.8) is 0 Å². The van der Waals surface area contributed by atoms with Crippen molar-refractivity contribution in [1.82, 2.24) is 5.32 Å². The highest BCUT2D eigenvalue weighted by Crippen LogP contribution is 2.44. The molecule has 0 radical (unpaired) electrons. The van der Waals surface area contributed by atoms with Crippen molar-refractivity contribution in [3.05, 3.63) is 63.1 Å². The molecule has 1 fully saturated rings. The lowest BCUT2D eigenvalue weighted by atomic mass is 9.79. The lowest BCUT2D eigenvalue weighted by Gasteiger charge is -2.45. The second kappa shape index (κ2) is 7.86. The number of amides is 1. The zero-order valence-electron chi connectivity index (χ0n) is 19.5. The number of nitrogens with one attached hydrogen (secondary N) is 1. The minimum Gasteiger partial charge on any atom is -0.369 e. The quantitative estimate of drug-likeness (QED) is 0.571. The molecular weight excluding hydrogens is 402 g/mol. The van der Waals surface area contributed by atoms with Crippen LogP contribution in [0.5, 0.6) is 0 Å². The molecule has 2 aromatic rings. The third kappa shape index (κ3) is 4.16. The molecule has 0 spiro atoms. The van der Waals surface area contributed by atoms with Crippen LogP contribution < -0.4 is 10.2 Å². The molecule has 2 aliphatic heterocycles. The predicted octanol–water partition coefficient (Wildman–Crippen LogP) is 6.23. The third-order valence-electron chi connectivity index (χ3n) is 6.68. The van der Waals surface area contributed by atoms with Gasteiger partial charge in [-0.15, -0.1) is 0 Å². The minimum atomic E-state index is -0.0870. The molecule has 1 unspecified atom stereocenters. The summed E-state index contributed by atoms with van der Waals surface area (Å²) in [5, 5.41) is 3.54. The van der Waals surface area contributed by atoms with Crippen LogP contribution in [0.4, 0.5) is 11.4 Å². The van der Waals surface area contributed by atoms with Crippen molar-refractivity contribution < 1.29 is 4.79 Å². The van der Waals surface area contributed by atoms with Gasteiger partial charge in [0.1, 0.15) is 0 Å². The first kappa shape index (κ1) is 21.7. The summed E-state index contributed by atoms with van der Waals surface area (Å²) in [6, 6.07) is 10.6. The average Bonchev–Trinajstić information content (AvgIpc) is 3.02. The minimum absolute atomic E-state index is 0.0870. The summed E-state index contributed by atoms with van der Waals surface area (Å²) in [6.07, 6.45) is 3.11. The predicted molar refractivity (Wildman–Crippen MR) is 133 cm³/mol. The lowest BCUT2D eigenvalue weighted by Crippen LogP contribution is -2.45. The zero-order valence-corrected chi connectivity index (χ0v) is 20.3. The van der Waals surface area contributed by atoms with Gasteiger partial charge < -0.3 is 10.2 Å². The fourth-order valence-electron chi connectivity index (χ4n) is 4.42. The van der Waals surface area contributed by atoms with Crippen molar-refractivity contribution in [2.75, 3.05) is 11.9 Å². The molecule has 2 aromatic carbocycles. The first-order valence-electron chi connectivity index (χ1n) is 10.8. The number of aliphatic imine (C=N–C) groups is 1. The van der Waals surface area contributed by atoms with Crippen LogP contribution in [-0.4, -0.2) is 23.7 Å². The molecule has 2 heterocycles. The maximum Gasteiger partial charge on any atom is 0.264 e. The Morgan fingerprint density at radius 3 is 2.58 bits per heavy atom. The number of amidine groups is 1. The molecule has 0 bridgehead atoms. The number of nitrogens with zero attached hydrogens (tertiary/aromatic N) is 2. The maximum absolute atomic E-state index is 12.6. The molecule has 0 aromatic heterocycles. The standard InChI is InChI=1S/C26H31N3OS/c1-15-8-9-20(10-16(15)2)27-25-28-24(30)23(31-25)13-19-12-21-18(4)14-26(5,6)29(7)22(21)11-17(19)3/h8-13,18H,14H2,1-7H3,(H,27,28,30)/b23-13+. The highest BCUT2D eigenvalue weighted by Gasteiger charge is 2.34. The van der Waals surface area contributed by atoms with Gasteiger partial charge in [-0.05, 0) is 117 Å². The van der Waals surface area contributed by atoms with Gasteiger partial charge in [-0.3, -0.25) is 4.79 Å². The number of hydrogen-bond donors (Lipinski definition) is 1. The Kier molecular flexibility index (Phi) is 5.50. The second-order valence-electron chi connectivity index (χ2n) is 9.49. The molecule has 4 nitrogen and oxygen atoms in total. The van der Waals surface area contributed by atoms with Gasteiger partial charge in [0.15, 0.2) is 5.17 Å². The van der Waals surface area contributed by atoms with E-state index in [1.807, 2.05) is 18.2 Å². The molecule has 1 N–H and O–H groups in total. The summed E-state index contributed by atoms with van der Waals surface area (Å²) in [5.41, 5.74) is 8.35. The van der Waals surface area contributed by atoms with E-state index in [4.69, 9.17) is 0 Å². The van der Waals surface area contributed by atoms with Gasteiger partial charge in [0, 0.05) is 18.3 Å². The summed E-state index contributed by atoms with van der Waals surface area (Å²) in [4.78, 5) is 20.3. The Balaban J connectivity index is 1.65. The number of aryl methyl sites for hydroxylation is 3. The number of fused-ring (bicyclic) bond motifs is 1. The molecular formula is C26H31N3OS. The number of thioether (sulfide) groups is 1. The van der Waals surface area contributed by atoms with E-state index in [1.54, 1.807) is 0 Å². The van der Waals surface area contributed by atoms with Gasteiger partial charge in [0.05, 0.1) is 10.6 Å². The van der Waals surface area contributed by atoms with Crippen LogP contribution in [0.15, 0.2) is 40.2 Å². The molecule has 1 atom stereocenters. The monoisotopic (exact) mass is 433 g/mol. The number of rotatable bonds is 2. The summed E-state index contributed by atoms with van der Waals surface area (Å²) in [6.45, 7) is 13.2. The molecule has 1 saturated heterocycles. The van der Waals surface area contributed by atoms with Crippen LogP contribution in [0.1, 0.15) is 60.9 Å². The van der Waals surface area contributed by atoms with Crippen molar-refractivity contribution in [2.24, 2.45) is 4.99 Å². The van der Waals surface area contributed by atoms with Crippen LogP contribution in [-0.2, 0) is 4.79 Å². The fourth-order valence-corrected chi connectivity index (χ4v) is 5.26. The van der Waals surface area contributed by atoms with Gasteiger partial charge in [-0.25, -0.2) is 4.99 Å². The maximum atomic E-state index is 12.6. The molecule has 2 aliphatic rings.